The largest absolute Gasteiger partial charge is 0.465 e. The van der Waals surface area contributed by atoms with Crippen molar-refractivity contribution in [1.82, 2.24) is 29.0 Å². The lowest BCUT2D eigenvalue weighted by Crippen LogP contribution is -2.52. The second-order valence-corrected chi connectivity index (χ2v) is 13.4. The van der Waals surface area contributed by atoms with E-state index in [-0.39, 0.29) is 35.0 Å². The van der Waals surface area contributed by atoms with E-state index in [9.17, 15) is 18.0 Å². The number of aromatic amines is 1. The maximum Gasteiger partial charge on any atom is 0.409 e. The van der Waals surface area contributed by atoms with Crippen molar-refractivity contribution >= 4 is 45.3 Å². The molecule has 1 aromatic heterocycles. The lowest BCUT2D eigenvalue weighted by molar-refractivity contribution is -0.138. The van der Waals surface area contributed by atoms with Crippen molar-refractivity contribution in [2.45, 2.75) is 31.3 Å². The zero-order valence-corrected chi connectivity index (χ0v) is 24.9. The third-order valence-electron chi connectivity index (χ3n) is 8.42. The van der Waals surface area contributed by atoms with Crippen LogP contribution in [0.4, 0.5) is 10.5 Å². The summed E-state index contributed by atoms with van der Waals surface area (Å²) in [7, 11) is -3.26. The third kappa shape index (κ3) is 6.48. The van der Waals surface area contributed by atoms with E-state index in [1.54, 1.807) is 29.2 Å². The SMILES string of the molecule is CS(=O)(=O)N1CCN([C@H]2C[C@@H](c3nc(Cl)c(-c4ccc(NC(=O)O)cc4)[nH]3)N(C(=O)C3CCN(C(=N)N)CC3)C2)CC1. The number of carboxylic acid groups (broad SMARTS) is 1. The van der Waals surface area contributed by atoms with Gasteiger partial charge < -0.3 is 25.6 Å². The summed E-state index contributed by atoms with van der Waals surface area (Å²) in [6.07, 6.45) is 1.87. The van der Waals surface area contributed by atoms with Gasteiger partial charge in [-0.25, -0.2) is 18.2 Å². The number of nitrogens with zero attached hydrogens (tertiary/aromatic N) is 5. The Bertz CT molecular complexity index is 1430. The average molecular weight is 622 g/mol. The molecular formula is C26H36ClN9O5S. The van der Waals surface area contributed by atoms with Crippen LogP contribution in [0.25, 0.3) is 11.3 Å². The molecule has 3 saturated heterocycles. The molecule has 228 valence electrons. The van der Waals surface area contributed by atoms with Crippen LogP contribution >= 0.6 is 11.6 Å². The Morgan fingerprint density at radius 2 is 1.76 bits per heavy atom. The van der Waals surface area contributed by atoms with Crippen LogP contribution < -0.4 is 11.1 Å². The van der Waals surface area contributed by atoms with Crippen LogP contribution in [-0.4, -0.2) is 119 Å². The number of sulfonamides is 1. The molecule has 42 heavy (non-hydrogen) atoms. The quantitative estimate of drug-likeness (QED) is 0.236. The van der Waals surface area contributed by atoms with Gasteiger partial charge in [0.1, 0.15) is 5.82 Å². The van der Waals surface area contributed by atoms with Crippen molar-refractivity contribution in [3.8, 4) is 11.3 Å². The van der Waals surface area contributed by atoms with Crippen LogP contribution in [0.15, 0.2) is 24.3 Å². The van der Waals surface area contributed by atoms with Gasteiger partial charge in [-0.05, 0) is 31.4 Å². The van der Waals surface area contributed by atoms with E-state index in [1.165, 1.54) is 10.6 Å². The number of hydrogen-bond donors (Lipinski definition) is 5. The Hall–Kier alpha value is -3.40. The monoisotopic (exact) mass is 621 g/mol. The zero-order valence-electron chi connectivity index (χ0n) is 23.3. The normalized spacial score (nSPS) is 22.8. The number of H-pyrrole nitrogens is 1. The molecular weight excluding hydrogens is 586 g/mol. The fourth-order valence-corrected chi connectivity index (χ4v) is 7.22. The highest BCUT2D eigenvalue weighted by molar-refractivity contribution is 7.88. The first-order valence-corrected chi connectivity index (χ1v) is 16.1. The predicted molar refractivity (Wildman–Crippen MR) is 158 cm³/mol. The maximum absolute atomic E-state index is 13.9. The van der Waals surface area contributed by atoms with Crippen molar-refractivity contribution in [3.63, 3.8) is 0 Å². The lowest BCUT2D eigenvalue weighted by Gasteiger charge is -2.37. The summed E-state index contributed by atoms with van der Waals surface area (Å²) in [5.74, 6) is 0.397. The number of aromatic nitrogens is 2. The Balaban J connectivity index is 1.37. The van der Waals surface area contributed by atoms with Crippen LogP contribution in [0.5, 0.6) is 0 Å². The number of nitrogens with two attached hydrogens (primary N) is 1. The molecule has 0 spiro atoms. The number of imidazole rings is 1. The molecule has 0 unspecified atom stereocenters. The predicted octanol–water partition coefficient (Wildman–Crippen LogP) is 1.64. The van der Waals surface area contributed by atoms with Gasteiger partial charge in [0.2, 0.25) is 15.9 Å². The first kappa shape index (κ1) is 30.1. The summed E-state index contributed by atoms with van der Waals surface area (Å²) < 4.78 is 25.5. The number of piperazine rings is 1. The van der Waals surface area contributed by atoms with Gasteiger partial charge in [-0.3, -0.25) is 20.4 Å². The molecule has 5 rings (SSSR count). The van der Waals surface area contributed by atoms with Gasteiger partial charge in [-0.2, -0.15) is 4.31 Å². The van der Waals surface area contributed by atoms with Crippen molar-refractivity contribution in [1.29, 1.82) is 5.41 Å². The number of hydrogen-bond acceptors (Lipinski definition) is 7. The molecule has 1 aromatic carbocycles. The number of rotatable bonds is 6. The summed E-state index contributed by atoms with van der Waals surface area (Å²) in [4.78, 5) is 38.7. The van der Waals surface area contributed by atoms with Crippen LogP contribution in [-0.2, 0) is 14.8 Å². The molecule has 3 aliphatic rings. The van der Waals surface area contributed by atoms with E-state index < -0.39 is 16.1 Å². The van der Waals surface area contributed by atoms with E-state index >= 15 is 0 Å². The molecule has 2 atom stereocenters. The minimum absolute atomic E-state index is 0.0118. The summed E-state index contributed by atoms with van der Waals surface area (Å²) in [6.45, 7) is 3.53. The van der Waals surface area contributed by atoms with Crippen LogP contribution in [0, 0.1) is 11.3 Å². The van der Waals surface area contributed by atoms with Crippen molar-refractivity contribution in [3.05, 3.63) is 35.2 Å². The Kier molecular flexibility index (Phi) is 8.64. The molecule has 0 bridgehead atoms. The Labute approximate surface area is 249 Å². The summed E-state index contributed by atoms with van der Waals surface area (Å²) in [6, 6.07) is 6.39. The number of carbonyl (C=O) groups is 2. The van der Waals surface area contributed by atoms with Gasteiger partial charge in [-0.1, -0.05) is 23.7 Å². The summed E-state index contributed by atoms with van der Waals surface area (Å²) in [5, 5.41) is 19.2. The number of carbonyl (C=O) groups excluding carboxylic acids is 1. The van der Waals surface area contributed by atoms with E-state index in [1.807, 2.05) is 4.90 Å². The van der Waals surface area contributed by atoms with Crippen molar-refractivity contribution in [2.75, 3.05) is 57.4 Å². The fraction of sp³-hybridized carbons (Fsp3) is 0.538. The first-order chi connectivity index (χ1) is 19.9. The van der Waals surface area contributed by atoms with E-state index in [2.05, 4.69) is 20.2 Å². The zero-order chi connectivity index (χ0) is 30.2. The van der Waals surface area contributed by atoms with Crippen LogP contribution in [0.3, 0.4) is 0 Å². The number of likely N-dealkylation sites (tertiary alicyclic amines) is 2. The van der Waals surface area contributed by atoms with Crippen LogP contribution in [0.1, 0.15) is 31.1 Å². The number of amides is 2. The molecule has 4 heterocycles. The fourth-order valence-electron chi connectivity index (χ4n) is 6.15. The highest BCUT2D eigenvalue weighted by Crippen LogP contribution is 2.38. The van der Waals surface area contributed by atoms with E-state index in [0.717, 1.165) is 5.56 Å². The minimum atomic E-state index is -3.26. The van der Waals surface area contributed by atoms with Gasteiger partial charge in [0.15, 0.2) is 11.1 Å². The van der Waals surface area contributed by atoms with Crippen molar-refractivity contribution < 1.29 is 23.1 Å². The van der Waals surface area contributed by atoms with Gasteiger partial charge in [-0.15, -0.1) is 0 Å². The molecule has 3 fully saturated rings. The van der Waals surface area contributed by atoms with Gasteiger partial charge in [0.05, 0.1) is 18.0 Å². The lowest BCUT2D eigenvalue weighted by atomic mass is 9.95. The highest BCUT2D eigenvalue weighted by atomic mass is 35.5. The number of anilines is 1. The minimum Gasteiger partial charge on any atom is -0.465 e. The van der Waals surface area contributed by atoms with E-state index in [0.29, 0.717) is 82.3 Å². The second kappa shape index (κ2) is 12.1. The second-order valence-electron chi connectivity index (χ2n) is 11.0. The molecule has 0 saturated carbocycles. The topological polar surface area (TPSA) is 192 Å². The third-order valence-corrected chi connectivity index (χ3v) is 10.0. The smallest absolute Gasteiger partial charge is 0.409 e. The Morgan fingerprint density at radius 3 is 2.33 bits per heavy atom. The molecule has 16 heteroatoms. The molecule has 3 aliphatic heterocycles. The standard InChI is InChI=1S/C26H36ClN9O5S/c1-42(40,41)35-12-10-33(11-13-35)19-14-20(36(15-19)24(37)17-6-8-34(9-7-17)25(28)29)23-31-21(22(27)32-23)16-2-4-18(5-3-16)30-26(38)39/h2-5,17,19-20,30H,6-15H2,1H3,(H3,28,29)(H,31,32)(H,38,39)/t19-,20-/m0/s1. The molecule has 14 nitrogen and oxygen atoms in total. The molecule has 2 aromatic rings. The Morgan fingerprint density at radius 1 is 1.12 bits per heavy atom. The average Bonchev–Trinajstić information content (AvgIpc) is 3.56. The first-order valence-electron chi connectivity index (χ1n) is 13.8. The summed E-state index contributed by atoms with van der Waals surface area (Å²) >= 11 is 6.58. The molecule has 2 amide bonds. The van der Waals surface area contributed by atoms with Gasteiger partial charge in [0, 0.05) is 69.0 Å². The van der Waals surface area contributed by atoms with Gasteiger partial charge in [0.25, 0.3) is 0 Å². The summed E-state index contributed by atoms with van der Waals surface area (Å²) in [5.41, 5.74) is 7.36. The number of piperidine rings is 1. The molecule has 6 N–H and O–H groups in total. The molecule has 0 radical (unpaired) electrons. The maximum atomic E-state index is 13.9. The van der Waals surface area contributed by atoms with E-state index in [4.69, 9.17) is 27.9 Å². The number of guanidine groups is 1. The van der Waals surface area contributed by atoms with Gasteiger partial charge >= 0.3 is 6.09 Å². The highest BCUT2D eigenvalue weighted by Gasteiger charge is 2.43. The number of nitrogens with one attached hydrogen (secondary N) is 3. The molecule has 0 aliphatic carbocycles. The van der Waals surface area contributed by atoms with Crippen LogP contribution in [0.2, 0.25) is 5.15 Å². The number of halogens is 1. The van der Waals surface area contributed by atoms with Crippen molar-refractivity contribution in [2.24, 2.45) is 11.7 Å². The number of benzene rings is 1.